The van der Waals surface area contributed by atoms with Gasteiger partial charge in [-0.25, -0.2) is 4.79 Å². The first-order valence-corrected chi connectivity index (χ1v) is 9.22. The average molecular weight is 362 g/mol. The maximum atomic E-state index is 11.0. The maximum Gasteiger partial charge on any atom is 0.335 e. The molecule has 1 aliphatic rings. The van der Waals surface area contributed by atoms with Gasteiger partial charge in [0.1, 0.15) is 0 Å². The van der Waals surface area contributed by atoms with Gasteiger partial charge in [0.25, 0.3) is 0 Å². The molecule has 0 aromatic heterocycles. The molecular weight excluding hydrogens is 336 g/mol. The van der Waals surface area contributed by atoms with Gasteiger partial charge in [0, 0.05) is 24.0 Å². The SMILES string of the molecule is CCN1c2cc(C)c(C=Nc3ccc(C(=O)O)cc3)cc2C(C)=CC1(C)C. The topological polar surface area (TPSA) is 52.9 Å². The summed E-state index contributed by atoms with van der Waals surface area (Å²) in [6.45, 7) is 11.9. The summed E-state index contributed by atoms with van der Waals surface area (Å²) >= 11 is 0. The first-order chi connectivity index (χ1) is 12.7. The predicted molar refractivity (Wildman–Crippen MR) is 113 cm³/mol. The number of aryl methyl sites for hydroxylation is 1. The van der Waals surface area contributed by atoms with Crippen LogP contribution in [-0.2, 0) is 0 Å². The van der Waals surface area contributed by atoms with Crippen molar-refractivity contribution in [3.8, 4) is 0 Å². The number of hydrogen-bond donors (Lipinski definition) is 1. The van der Waals surface area contributed by atoms with Gasteiger partial charge in [-0.15, -0.1) is 0 Å². The molecule has 0 amide bonds. The van der Waals surface area contributed by atoms with Gasteiger partial charge in [0.05, 0.1) is 16.8 Å². The van der Waals surface area contributed by atoms with Crippen molar-refractivity contribution >= 4 is 29.1 Å². The molecule has 4 nitrogen and oxygen atoms in total. The van der Waals surface area contributed by atoms with Crippen LogP contribution in [0.3, 0.4) is 0 Å². The van der Waals surface area contributed by atoms with Gasteiger partial charge in [0.15, 0.2) is 0 Å². The summed E-state index contributed by atoms with van der Waals surface area (Å²) in [6, 6.07) is 11.0. The van der Waals surface area contributed by atoms with Crippen molar-refractivity contribution in [3.05, 3.63) is 64.7 Å². The molecule has 0 atom stereocenters. The number of hydrogen-bond acceptors (Lipinski definition) is 3. The van der Waals surface area contributed by atoms with Crippen molar-refractivity contribution < 1.29 is 9.90 Å². The largest absolute Gasteiger partial charge is 0.478 e. The van der Waals surface area contributed by atoms with Crippen molar-refractivity contribution in [2.75, 3.05) is 11.4 Å². The summed E-state index contributed by atoms with van der Waals surface area (Å²) in [7, 11) is 0. The van der Waals surface area contributed by atoms with E-state index in [9.17, 15) is 4.79 Å². The van der Waals surface area contributed by atoms with Gasteiger partial charge in [0.2, 0.25) is 0 Å². The first-order valence-electron chi connectivity index (χ1n) is 9.22. The number of likely N-dealkylation sites (N-methyl/N-ethyl adjacent to an activating group) is 1. The Kier molecular flexibility index (Phi) is 4.92. The van der Waals surface area contributed by atoms with Gasteiger partial charge in [-0.2, -0.15) is 0 Å². The van der Waals surface area contributed by atoms with E-state index < -0.39 is 5.97 Å². The molecule has 0 unspecified atom stereocenters. The van der Waals surface area contributed by atoms with Crippen molar-refractivity contribution in [2.24, 2.45) is 4.99 Å². The van der Waals surface area contributed by atoms with Gasteiger partial charge in [-0.05, 0) is 87.7 Å². The number of benzene rings is 2. The highest BCUT2D eigenvalue weighted by atomic mass is 16.4. The number of aromatic carboxylic acids is 1. The van der Waals surface area contributed by atoms with Crippen LogP contribution in [0.1, 0.15) is 54.7 Å². The fourth-order valence-corrected chi connectivity index (χ4v) is 3.80. The van der Waals surface area contributed by atoms with E-state index in [4.69, 9.17) is 5.11 Å². The van der Waals surface area contributed by atoms with Crippen LogP contribution in [0.5, 0.6) is 0 Å². The molecule has 0 aliphatic carbocycles. The number of nitrogens with zero attached hydrogens (tertiary/aromatic N) is 2. The van der Waals surface area contributed by atoms with Crippen LogP contribution < -0.4 is 4.90 Å². The van der Waals surface area contributed by atoms with Crippen LogP contribution in [-0.4, -0.2) is 29.4 Å². The van der Waals surface area contributed by atoms with Crippen LogP contribution in [0.25, 0.3) is 5.57 Å². The van der Waals surface area contributed by atoms with Crippen molar-refractivity contribution in [3.63, 3.8) is 0 Å². The number of anilines is 1. The van der Waals surface area contributed by atoms with Gasteiger partial charge in [-0.1, -0.05) is 6.08 Å². The molecule has 140 valence electrons. The van der Waals surface area contributed by atoms with E-state index in [2.05, 4.69) is 62.7 Å². The Morgan fingerprint density at radius 3 is 2.44 bits per heavy atom. The van der Waals surface area contributed by atoms with E-state index in [1.165, 1.54) is 22.4 Å². The van der Waals surface area contributed by atoms with Crippen LogP contribution in [0, 0.1) is 6.92 Å². The molecule has 1 aliphatic heterocycles. The number of carboxylic acids is 1. The monoisotopic (exact) mass is 362 g/mol. The normalized spacial score (nSPS) is 15.6. The lowest BCUT2D eigenvalue weighted by molar-refractivity contribution is 0.0697. The highest BCUT2D eigenvalue weighted by Gasteiger charge is 2.30. The molecule has 1 N–H and O–H groups in total. The molecule has 0 fully saturated rings. The Balaban J connectivity index is 1.97. The van der Waals surface area contributed by atoms with E-state index in [0.29, 0.717) is 0 Å². The van der Waals surface area contributed by atoms with Crippen molar-refractivity contribution in [1.29, 1.82) is 0 Å². The average Bonchev–Trinajstić information content (AvgIpc) is 2.60. The lowest BCUT2D eigenvalue weighted by Crippen LogP contribution is -2.45. The Morgan fingerprint density at radius 2 is 1.85 bits per heavy atom. The summed E-state index contributed by atoms with van der Waals surface area (Å²) in [5.74, 6) is -0.929. The molecule has 27 heavy (non-hydrogen) atoms. The number of aliphatic imine (C=N–C) groups is 1. The number of allylic oxidation sites excluding steroid dienone is 1. The Bertz CT molecular complexity index is 938. The van der Waals surface area contributed by atoms with Crippen molar-refractivity contribution in [2.45, 2.75) is 40.2 Å². The maximum absolute atomic E-state index is 11.0. The van der Waals surface area contributed by atoms with Crippen molar-refractivity contribution in [1.82, 2.24) is 0 Å². The third kappa shape index (κ3) is 3.65. The van der Waals surface area contributed by atoms with Gasteiger partial charge in [-0.3, -0.25) is 4.99 Å². The number of carboxylic acid groups (broad SMARTS) is 1. The van der Waals surface area contributed by atoms with E-state index in [1.54, 1.807) is 24.3 Å². The highest BCUT2D eigenvalue weighted by Crippen LogP contribution is 2.39. The minimum Gasteiger partial charge on any atom is -0.478 e. The highest BCUT2D eigenvalue weighted by molar-refractivity contribution is 5.91. The van der Waals surface area contributed by atoms with E-state index in [1.807, 2.05) is 6.21 Å². The fraction of sp³-hybridized carbons (Fsp3) is 0.304. The number of fused-ring (bicyclic) bond motifs is 1. The second kappa shape index (κ2) is 7.03. The quantitative estimate of drug-likeness (QED) is 0.734. The molecule has 1 heterocycles. The molecular formula is C23H26N2O2. The second-order valence-corrected chi connectivity index (χ2v) is 7.56. The molecule has 0 saturated heterocycles. The molecule has 0 spiro atoms. The minimum absolute atomic E-state index is 0.000232. The summed E-state index contributed by atoms with van der Waals surface area (Å²) in [5, 5.41) is 8.99. The summed E-state index contributed by atoms with van der Waals surface area (Å²) < 4.78 is 0. The zero-order chi connectivity index (χ0) is 19.8. The van der Waals surface area contributed by atoms with E-state index >= 15 is 0 Å². The van der Waals surface area contributed by atoms with Crippen LogP contribution in [0.15, 0.2) is 47.5 Å². The molecule has 0 saturated carbocycles. The van der Waals surface area contributed by atoms with E-state index in [0.717, 1.165) is 17.8 Å². The summed E-state index contributed by atoms with van der Waals surface area (Å²) in [6.07, 6.45) is 4.18. The standard InChI is InChI=1S/C23H26N2O2/c1-6-25-21-11-15(2)18(12-20(21)16(3)13-23(25,4)5)14-24-19-9-7-17(8-10-19)22(26)27/h7-14H,6H2,1-5H3,(H,26,27). The minimum atomic E-state index is -0.929. The lowest BCUT2D eigenvalue weighted by atomic mass is 9.87. The molecule has 3 rings (SSSR count). The fourth-order valence-electron chi connectivity index (χ4n) is 3.80. The van der Waals surface area contributed by atoms with E-state index in [-0.39, 0.29) is 11.1 Å². The molecule has 0 radical (unpaired) electrons. The van der Waals surface area contributed by atoms with Crippen LogP contribution in [0.2, 0.25) is 0 Å². The lowest BCUT2D eigenvalue weighted by Gasteiger charge is -2.43. The molecule has 2 aromatic carbocycles. The summed E-state index contributed by atoms with van der Waals surface area (Å²) in [4.78, 5) is 17.9. The smallest absolute Gasteiger partial charge is 0.335 e. The zero-order valence-corrected chi connectivity index (χ0v) is 16.6. The number of rotatable bonds is 4. The predicted octanol–water partition coefficient (Wildman–Crippen LogP) is 5.47. The van der Waals surface area contributed by atoms with Gasteiger partial charge >= 0.3 is 5.97 Å². The van der Waals surface area contributed by atoms with Gasteiger partial charge < -0.3 is 10.0 Å². The molecule has 2 aromatic rings. The Labute approximate surface area is 160 Å². The van der Waals surface area contributed by atoms with Crippen LogP contribution >= 0.6 is 0 Å². The molecule has 4 heteroatoms. The molecule has 0 bridgehead atoms. The Hall–Kier alpha value is -2.88. The second-order valence-electron chi connectivity index (χ2n) is 7.56. The first kappa shape index (κ1) is 18.9. The Morgan fingerprint density at radius 1 is 1.19 bits per heavy atom. The number of carbonyl (C=O) groups is 1. The van der Waals surface area contributed by atoms with Crippen LogP contribution in [0.4, 0.5) is 11.4 Å². The third-order valence-electron chi connectivity index (χ3n) is 5.15. The summed E-state index contributed by atoms with van der Waals surface area (Å²) in [5.41, 5.74) is 7.03. The third-order valence-corrected chi connectivity index (χ3v) is 5.15. The zero-order valence-electron chi connectivity index (χ0n) is 16.6.